The third kappa shape index (κ3) is 7.61. The topological polar surface area (TPSA) is 60.4 Å². The number of likely N-dealkylation sites (tertiary alicyclic amines) is 1. The summed E-state index contributed by atoms with van der Waals surface area (Å²) in [7, 11) is 1.82. The van der Waals surface area contributed by atoms with Crippen molar-refractivity contribution in [3.8, 4) is 5.75 Å². The zero-order chi connectivity index (χ0) is 20.5. The number of ether oxygens (including phenoxy) is 1. The SMILES string of the molecule is CN=C(NCC(C)Oc1ccccc1)N1CCN(CC(=O)N2CCCCC2)CC1.I. The second-order valence-electron chi connectivity index (χ2n) is 7.87. The van der Waals surface area contributed by atoms with Crippen molar-refractivity contribution in [1.82, 2.24) is 20.0 Å². The molecule has 2 fully saturated rings. The maximum atomic E-state index is 12.5. The van der Waals surface area contributed by atoms with Gasteiger partial charge in [0.1, 0.15) is 11.9 Å². The Bertz CT molecular complexity index is 659. The van der Waals surface area contributed by atoms with E-state index in [1.165, 1.54) is 6.42 Å². The Morgan fingerprint density at radius 3 is 2.33 bits per heavy atom. The van der Waals surface area contributed by atoms with Crippen LogP contribution in [0.1, 0.15) is 26.2 Å². The highest BCUT2D eigenvalue weighted by Gasteiger charge is 2.24. The van der Waals surface area contributed by atoms with Crippen LogP contribution in [0.25, 0.3) is 0 Å². The lowest BCUT2D eigenvalue weighted by Crippen LogP contribution is -2.55. The Labute approximate surface area is 197 Å². The predicted octanol–water partition coefficient (Wildman–Crippen LogP) is 2.28. The molecule has 1 atom stereocenters. The first-order valence-electron chi connectivity index (χ1n) is 10.8. The average Bonchev–Trinajstić information content (AvgIpc) is 2.76. The lowest BCUT2D eigenvalue weighted by Gasteiger charge is -2.37. The molecule has 0 aromatic heterocycles. The van der Waals surface area contributed by atoms with Crippen molar-refractivity contribution in [3.05, 3.63) is 30.3 Å². The Hall–Kier alpha value is -1.55. The van der Waals surface area contributed by atoms with E-state index in [-0.39, 0.29) is 36.0 Å². The van der Waals surface area contributed by atoms with Crippen LogP contribution in [0.3, 0.4) is 0 Å². The van der Waals surface area contributed by atoms with Crippen LogP contribution in [0.2, 0.25) is 0 Å². The summed E-state index contributed by atoms with van der Waals surface area (Å²) in [6.07, 6.45) is 3.59. The number of piperidine rings is 1. The number of amides is 1. The van der Waals surface area contributed by atoms with Crippen LogP contribution >= 0.6 is 24.0 Å². The molecule has 3 rings (SSSR count). The number of benzene rings is 1. The summed E-state index contributed by atoms with van der Waals surface area (Å²) in [5.74, 6) is 2.06. The first-order chi connectivity index (χ1) is 14.2. The number of para-hydroxylation sites is 1. The van der Waals surface area contributed by atoms with Gasteiger partial charge in [0.2, 0.25) is 5.91 Å². The molecule has 0 aliphatic carbocycles. The van der Waals surface area contributed by atoms with Gasteiger partial charge in [-0.25, -0.2) is 0 Å². The molecule has 8 heteroatoms. The lowest BCUT2D eigenvalue weighted by atomic mass is 10.1. The number of halogens is 1. The van der Waals surface area contributed by atoms with E-state index in [0.717, 1.165) is 63.8 Å². The zero-order valence-electron chi connectivity index (χ0n) is 18.3. The molecule has 1 aromatic carbocycles. The van der Waals surface area contributed by atoms with Gasteiger partial charge in [0.25, 0.3) is 0 Å². The third-order valence-corrected chi connectivity index (χ3v) is 5.58. The van der Waals surface area contributed by atoms with Gasteiger partial charge in [0.15, 0.2) is 5.96 Å². The van der Waals surface area contributed by atoms with Gasteiger partial charge in [-0.15, -0.1) is 24.0 Å². The van der Waals surface area contributed by atoms with Gasteiger partial charge in [0.05, 0.1) is 13.1 Å². The smallest absolute Gasteiger partial charge is 0.236 e. The van der Waals surface area contributed by atoms with Gasteiger partial charge in [-0.2, -0.15) is 0 Å². The predicted molar refractivity (Wildman–Crippen MR) is 132 cm³/mol. The molecule has 0 bridgehead atoms. The molecule has 1 aromatic rings. The molecule has 2 aliphatic rings. The molecule has 0 spiro atoms. The molecule has 2 aliphatic heterocycles. The molecule has 0 radical (unpaired) electrons. The van der Waals surface area contributed by atoms with E-state index in [1.807, 2.05) is 42.3 Å². The summed E-state index contributed by atoms with van der Waals surface area (Å²) in [4.78, 5) is 23.5. The lowest BCUT2D eigenvalue weighted by molar-refractivity contribution is -0.133. The van der Waals surface area contributed by atoms with Crippen molar-refractivity contribution in [2.45, 2.75) is 32.3 Å². The van der Waals surface area contributed by atoms with Crippen molar-refractivity contribution in [3.63, 3.8) is 0 Å². The Morgan fingerprint density at radius 1 is 1.03 bits per heavy atom. The van der Waals surface area contributed by atoms with Gasteiger partial charge in [-0.3, -0.25) is 14.7 Å². The zero-order valence-corrected chi connectivity index (χ0v) is 20.6. The monoisotopic (exact) mass is 529 g/mol. The highest BCUT2D eigenvalue weighted by atomic mass is 127. The van der Waals surface area contributed by atoms with Gasteiger partial charge in [0, 0.05) is 46.3 Å². The number of hydrogen-bond acceptors (Lipinski definition) is 4. The fourth-order valence-corrected chi connectivity index (χ4v) is 3.89. The fourth-order valence-electron chi connectivity index (χ4n) is 3.89. The third-order valence-electron chi connectivity index (χ3n) is 5.58. The molecular weight excluding hydrogens is 493 g/mol. The van der Waals surface area contributed by atoms with Crippen molar-refractivity contribution >= 4 is 35.8 Å². The number of guanidine groups is 1. The van der Waals surface area contributed by atoms with E-state index >= 15 is 0 Å². The maximum absolute atomic E-state index is 12.5. The Morgan fingerprint density at radius 2 is 1.70 bits per heavy atom. The number of piperazine rings is 1. The first-order valence-corrected chi connectivity index (χ1v) is 10.8. The number of carbonyl (C=O) groups is 1. The molecule has 168 valence electrons. The second kappa shape index (κ2) is 13.0. The Kier molecular flexibility index (Phi) is 10.7. The van der Waals surface area contributed by atoms with E-state index in [4.69, 9.17) is 4.74 Å². The van der Waals surface area contributed by atoms with Gasteiger partial charge >= 0.3 is 0 Å². The van der Waals surface area contributed by atoms with Crippen LogP contribution in [0.4, 0.5) is 0 Å². The number of nitrogens with one attached hydrogen (secondary N) is 1. The molecular formula is C22H36IN5O2. The average molecular weight is 529 g/mol. The quantitative estimate of drug-likeness (QED) is 0.348. The van der Waals surface area contributed by atoms with E-state index < -0.39 is 0 Å². The number of rotatable bonds is 6. The van der Waals surface area contributed by atoms with E-state index in [1.54, 1.807) is 0 Å². The van der Waals surface area contributed by atoms with Crippen LogP contribution in [-0.4, -0.2) is 92.1 Å². The number of hydrogen-bond donors (Lipinski definition) is 1. The minimum atomic E-state index is 0. The number of carbonyl (C=O) groups excluding carboxylic acids is 1. The van der Waals surface area contributed by atoms with Crippen LogP contribution in [0.5, 0.6) is 5.75 Å². The number of aliphatic imine (C=N–C) groups is 1. The summed E-state index contributed by atoms with van der Waals surface area (Å²) >= 11 is 0. The number of nitrogens with zero attached hydrogens (tertiary/aromatic N) is 4. The van der Waals surface area contributed by atoms with Crippen LogP contribution in [0, 0.1) is 0 Å². The fraction of sp³-hybridized carbons (Fsp3) is 0.636. The largest absolute Gasteiger partial charge is 0.489 e. The summed E-state index contributed by atoms with van der Waals surface area (Å²) in [6.45, 7) is 8.67. The standard InChI is InChI=1S/C22H35N5O2.HI/c1-19(29-20-9-5-3-6-10-20)17-24-22(23-2)27-15-13-25(14-16-27)18-21(28)26-11-7-4-8-12-26;/h3,5-6,9-10,19H,4,7-8,11-18H2,1-2H3,(H,23,24);1H. The van der Waals surface area contributed by atoms with Crippen molar-refractivity contribution < 1.29 is 9.53 Å². The summed E-state index contributed by atoms with van der Waals surface area (Å²) < 4.78 is 5.93. The minimum absolute atomic E-state index is 0. The second-order valence-corrected chi connectivity index (χ2v) is 7.87. The summed E-state index contributed by atoms with van der Waals surface area (Å²) in [5, 5.41) is 3.42. The van der Waals surface area contributed by atoms with Crippen molar-refractivity contribution in [1.29, 1.82) is 0 Å². The maximum Gasteiger partial charge on any atom is 0.236 e. The van der Waals surface area contributed by atoms with Crippen molar-refractivity contribution in [2.24, 2.45) is 4.99 Å². The summed E-state index contributed by atoms with van der Waals surface area (Å²) in [6, 6.07) is 9.87. The molecule has 1 amide bonds. The molecule has 0 saturated carbocycles. The van der Waals surface area contributed by atoms with Gasteiger partial charge in [-0.05, 0) is 38.3 Å². The summed E-state index contributed by atoms with van der Waals surface area (Å²) in [5.41, 5.74) is 0. The molecule has 1 unspecified atom stereocenters. The van der Waals surface area contributed by atoms with E-state index in [2.05, 4.69) is 27.0 Å². The normalized spacial score (nSPS) is 19.1. The van der Waals surface area contributed by atoms with Crippen molar-refractivity contribution in [2.75, 3.05) is 59.4 Å². The van der Waals surface area contributed by atoms with E-state index in [0.29, 0.717) is 13.1 Å². The van der Waals surface area contributed by atoms with E-state index in [9.17, 15) is 4.79 Å². The highest BCUT2D eigenvalue weighted by molar-refractivity contribution is 14.0. The molecule has 1 N–H and O–H groups in total. The van der Waals surface area contributed by atoms with Crippen LogP contribution < -0.4 is 10.1 Å². The highest BCUT2D eigenvalue weighted by Crippen LogP contribution is 2.11. The van der Waals surface area contributed by atoms with Crippen LogP contribution in [-0.2, 0) is 4.79 Å². The molecule has 2 saturated heterocycles. The van der Waals surface area contributed by atoms with Gasteiger partial charge in [-0.1, -0.05) is 18.2 Å². The molecule has 30 heavy (non-hydrogen) atoms. The van der Waals surface area contributed by atoms with Crippen LogP contribution in [0.15, 0.2) is 35.3 Å². The van der Waals surface area contributed by atoms with Gasteiger partial charge < -0.3 is 19.9 Å². The minimum Gasteiger partial charge on any atom is -0.489 e. The Balaban J connectivity index is 0.00000320. The molecule has 7 nitrogen and oxygen atoms in total. The first kappa shape index (κ1) is 24.7. The molecule has 2 heterocycles.